The minimum atomic E-state index is -0.375. The summed E-state index contributed by atoms with van der Waals surface area (Å²) in [6, 6.07) is 22.9. The molecule has 4 aromatic rings. The van der Waals surface area contributed by atoms with Crippen LogP contribution in [0, 0.1) is 12.7 Å². The van der Waals surface area contributed by atoms with Crippen LogP contribution < -0.4 is 4.90 Å². The van der Waals surface area contributed by atoms with Crippen molar-refractivity contribution in [3.63, 3.8) is 0 Å². The minimum absolute atomic E-state index is 0.0701. The number of hydrogen-bond donors (Lipinski definition) is 0. The van der Waals surface area contributed by atoms with Crippen LogP contribution in [0.2, 0.25) is 0 Å². The zero-order chi connectivity index (χ0) is 20.7. The molecule has 1 fully saturated rings. The number of para-hydroxylation sites is 3. The third kappa shape index (κ3) is 3.26. The van der Waals surface area contributed by atoms with Gasteiger partial charge in [-0.15, -0.1) is 0 Å². The number of benzene rings is 3. The van der Waals surface area contributed by atoms with Crippen molar-refractivity contribution in [2.45, 2.75) is 25.8 Å². The maximum absolute atomic E-state index is 14.3. The highest BCUT2D eigenvalue weighted by atomic mass is 19.1. The number of hydrogen-bond acceptors (Lipinski definition) is 2. The van der Waals surface area contributed by atoms with Crippen LogP contribution in [-0.4, -0.2) is 22.0 Å². The van der Waals surface area contributed by atoms with Gasteiger partial charge in [0.1, 0.15) is 11.6 Å². The van der Waals surface area contributed by atoms with E-state index in [2.05, 4.69) is 41.8 Å². The quantitative estimate of drug-likeness (QED) is 0.481. The third-order valence-corrected chi connectivity index (χ3v) is 5.74. The van der Waals surface area contributed by atoms with Gasteiger partial charge in [0.05, 0.1) is 16.7 Å². The second kappa shape index (κ2) is 7.41. The van der Waals surface area contributed by atoms with E-state index in [9.17, 15) is 9.18 Å². The molecule has 2 heterocycles. The summed E-state index contributed by atoms with van der Waals surface area (Å²) >= 11 is 0. The Morgan fingerprint density at radius 1 is 1.03 bits per heavy atom. The van der Waals surface area contributed by atoms with Crippen molar-refractivity contribution in [1.82, 2.24) is 9.55 Å². The number of carbonyl (C=O) groups is 1. The van der Waals surface area contributed by atoms with E-state index in [-0.39, 0.29) is 17.6 Å². The van der Waals surface area contributed by atoms with Gasteiger partial charge < -0.3 is 9.47 Å². The van der Waals surface area contributed by atoms with E-state index in [1.54, 1.807) is 23.1 Å². The van der Waals surface area contributed by atoms with Crippen molar-refractivity contribution < 1.29 is 9.18 Å². The molecule has 1 aromatic heterocycles. The highest BCUT2D eigenvalue weighted by Gasteiger charge is 2.35. The Labute approximate surface area is 174 Å². The maximum atomic E-state index is 14.3. The van der Waals surface area contributed by atoms with Crippen LogP contribution >= 0.6 is 0 Å². The summed E-state index contributed by atoms with van der Waals surface area (Å²) in [5.41, 5.74) is 4.70. The molecule has 0 N–H and O–H groups in total. The third-order valence-electron chi connectivity index (χ3n) is 5.74. The average Bonchev–Trinajstić information content (AvgIpc) is 3.29. The van der Waals surface area contributed by atoms with Gasteiger partial charge in [0, 0.05) is 25.4 Å². The van der Waals surface area contributed by atoms with Gasteiger partial charge in [-0.25, -0.2) is 9.37 Å². The normalized spacial score (nSPS) is 16.5. The van der Waals surface area contributed by atoms with E-state index >= 15 is 0 Å². The molecular weight excluding hydrogens is 377 g/mol. The molecule has 5 rings (SSSR count). The number of carbonyl (C=O) groups excluding carboxylic acids is 1. The van der Waals surface area contributed by atoms with E-state index in [4.69, 9.17) is 4.98 Å². The van der Waals surface area contributed by atoms with Crippen LogP contribution in [0.15, 0.2) is 72.8 Å². The van der Waals surface area contributed by atoms with Crippen molar-refractivity contribution >= 4 is 22.6 Å². The number of imidazole rings is 1. The van der Waals surface area contributed by atoms with E-state index in [0.29, 0.717) is 25.2 Å². The van der Waals surface area contributed by atoms with Gasteiger partial charge in [0.2, 0.25) is 5.91 Å². The summed E-state index contributed by atoms with van der Waals surface area (Å²) in [6.07, 6.45) is 0.325. The van der Waals surface area contributed by atoms with E-state index in [1.807, 2.05) is 18.2 Å². The van der Waals surface area contributed by atoms with E-state index in [0.717, 1.165) is 16.9 Å². The fourth-order valence-corrected chi connectivity index (χ4v) is 4.35. The van der Waals surface area contributed by atoms with Crippen molar-refractivity contribution in [3.8, 4) is 0 Å². The first-order valence-electron chi connectivity index (χ1n) is 10.2. The fourth-order valence-electron chi connectivity index (χ4n) is 4.35. The summed E-state index contributed by atoms with van der Waals surface area (Å²) < 4.78 is 16.5. The SMILES string of the molecule is Cc1cccc(Cn2c([C@H]3CC(=O)N(c4ccccc4F)C3)nc3ccccc32)c1. The fraction of sp³-hybridized carbons (Fsp3) is 0.200. The second-order valence-corrected chi connectivity index (χ2v) is 7.89. The van der Waals surface area contributed by atoms with Crippen LogP contribution in [0.25, 0.3) is 11.0 Å². The molecule has 1 amide bonds. The first kappa shape index (κ1) is 18.6. The van der Waals surface area contributed by atoms with Crippen molar-refractivity contribution in [2.24, 2.45) is 0 Å². The van der Waals surface area contributed by atoms with Gasteiger partial charge in [-0.3, -0.25) is 4.79 Å². The van der Waals surface area contributed by atoms with Crippen molar-refractivity contribution in [2.75, 3.05) is 11.4 Å². The zero-order valence-electron chi connectivity index (χ0n) is 16.8. The molecule has 1 atom stereocenters. The first-order chi connectivity index (χ1) is 14.6. The van der Waals surface area contributed by atoms with Crippen LogP contribution in [0.4, 0.5) is 10.1 Å². The van der Waals surface area contributed by atoms with Gasteiger partial charge >= 0.3 is 0 Å². The van der Waals surface area contributed by atoms with Gasteiger partial charge in [0.25, 0.3) is 0 Å². The maximum Gasteiger partial charge on any atom is 0.227 e. The monoisotopic (exact) mass is 399 g/mol. The highest BCUT2D eigenvalue weighted by molar-refractivity contribution is 5.96. The number of aryl methyl sites for hydroxylation is 1. The number of anilines is 1. The Morgan fingerprint density at radius 3 is 2.67 bits per heavy atom. The summed E-state index contributed by atoms with van der Waals surface area (Å²) in [5, 5.41) is 0. The second-order valence-electron chi connectivity index (χ2n) is 7.89. The molecule has 0 aliphatic carbocycles. The molecule has 0 radical (unpaired) electrons. The Balaban J connectivity index is 1.54. The molecule has 0 saturated carbocycles. The Bertz CT molecular complexity index is 1250. The molecule has 5 heteroatoms. The van der Waals surface area contributed by atoms with Crippen LogP contribution in [0.3, 0.4) is 0 Å². The smallest absolute Gasteiger partial charge is 0.227 e. The molecule has 0 bridgehead atoms. The Kier molecular flexibility index (Phi) is 4.58. The van der Waals surface area contributed by atoms with Gasteiger partial charge in [-0.05, 0) is 36.8 Å². The number of aromatic nitrogens is 2. The van der Waals surface area contributed by atoms with Crippen molar-refractivity contribution in [1.29, 1.82) is 0 Å². The molecule has 1 aliphatic rings. The average molecular weight is 399 g/mol. The Morgan fingerprint density at radius 2 is 1.83 bits per heavy atom. The van der Waals surface area contributed by atoms with Gasteiger partial charge in [-0.2, -0.15) is 0 Å². The summed E-state index contributed by atoms with van der Waals surface area (Å²) in [5.74, 6) is 0.346. The molecule has 4 nitrogen and oxygen atoms in total. The molecule has 1 saturated heterocycles. The Hall–Kier alpha value is -3.47. The van der Waals surface area contributed by atoms with Gasteiger partial charge in [-0.1, -0.05) is 54.1 Å². The topological polar surface area (TPSA) is 38.1 Å². The van der Waals surface area contributed by atoms with Crippen LogP contribution in [-0.2, 0) is 11.3 Å². The molecule has 3 aromatic carbocycles. The predicted molar refractivity (Wildman–Crippen MR) is 116 cm³/mol. The van der Waals surface area contributed by atoms with Crippen LogP contribution in [0.1, 0.15) is 29.3 Å². The van der Waals surface area contributed by atoms with E-state index in [1.165, 1.54) is 17.2 Å². The first-order valence-corrected chi connectivity index (χ1v) is 10.2. The summed E-state index contributed by atoms with van der Waals surface area (Å²) in [4.78, 5) is 19.2. The van der Waals surface area contributed by atoms with E-state index < -0.39 is 0 Å². The minimum Gasteiger partial charge on any atom is -0.323 e. The molecule has 150 valence electrons. The molecule has 1 aliphatic heterocycles. The number of amides is 1. The molecule has 0 unspecified atom stereocenters. The number of fused-ring (bicyclic) bond motifs is 1. The van der Waals surface area contributed by atoms with Crippen LogP contribution in [0.5, 0.6) is 0 Å². The lowest BCUT2D eigenvalue weighted by atomic mass is 10.1. The standard InChI is InChI=1S/C25H22FN3O/c1-17-7-6-8-18(13-17)15-29-23-12-5-3-10-21(23)27-25(29)19-14-24(30)28(16-19)22-11-4-2-9-20(22)26/h2-13,19H,14-16H2,1H3/t19-/m0/s1. The molecule has 0 spiro atoms. The summed E-state index contributed by atoms with van der Waals surface area (Å²) in [6.45, 7) is 3.19. The number of nitrogens with zero attached hydrogens (tertiary/aromatic N) is 3. The lowest BCUT2D eigenvalue weighted by molar-refractivity contribution is -0.117. The zero-order valence-corrected chi connectivity index (χ0v) is 16.8. The highest BCUT2D eigenvalue weighted by Crippen LogP contribution is 2.34. The molecular formula is C25H22FN3O. The number of halogens is 1. The van der Waals surface area contributed by atoms with Crippen molar-refractivity contribution in [3.05, 3.63) is 95.6 Å². The predicted octanol–water partition coefficient (Wildman–Crippen LogP) is 5.05. The molecule has 30 heavy (non-hydrogen) atoms. The van der Waals surface area contributed by atoms with Gasteiger partial charge in [0.15, 0.2) is 0 Å². The summed E-state index contributed by atoms with van der Waals surface area (Å²) in [7, 11) is 0. The lowest BCUT2D eigenvalue weighted by Crippen LogP contribution is -2.25. The largest absolute Gasteiger partial charge is 0.323 e. The number of rotatable bonds is 4. The lowest BCUT2D eigenvalue weighted by Gasteiger charge is -2.18.